The molecule has 0 bridgehead atoms. The molecule has 0 saturated carbocycles. The number of hydrogen-bond acceptors (Lipinski definition) is 6. The summed E-state index contributed by atoms with van der Waals surface area (Å²) in [4.78, 5) is 15.5. The minimum Gasteiger partial charge on any atom is -0.768 e. The Kier molecular flexibility index (Phi) is 9.38. The first-order chi connectivity index (χ1) is 27.1. The van der Waals surface area contributed by atoms with Gasteiger partial charge in [0.15, 0.2) is 11.6 Å². The van der Waals surface area contributed by atoms with Crippen LogP contribution in [-0.4, -0.2) is 23.7 Å². The van der Waals surface area contributed by atoms with Crippen molar-refractivity contribution in [1.82, 2.24) is 15.0 Å². The molecule has 266 valence electrons. The predicted octanol–water partition coefficient (Wildman–Crippen LogP) is 11.3. The van der Waals surface area contributed by atoms with Crippen LogP contribution in [0.1, 0.15) is 29.3 Å². The molecule has 2 atom stereocenters. The maximum Gasteiger partial charge on any atom is 0.163 e. The van der Waals surface area contributed by atoms with E-state index in [4.69, 9.17) is 15.0 Å². The normalized spacial score (nSPS) is 13.9. The number of anilines is 2. The van der Waals surface area contributed by atoms with Crippen LogP contribution in [0.15, 0.2) is 181 Å². The van der Waals surface area contributed by atoms with Gasteiger partial charge in [-0.1, -0.05) is 140 Å². The summed E-state index contributed by atoms with van der Waals surface area (Å²) in [6.45, 7) is 0. The molecule has 2 unspecified atom stereocenters. The molecule has 0 spiro atoms. The van der Waals surface area contributed by atoms with E-state index in [9.17, 15) is 8.76 Å². The first-order valence-electron chi connectivity index (χ1n) is 18.3. The zero-order valence-corrected chi connectivity index (χ0v) is 30.6. The van der Waals surface area contributed by atoms with E-state index in [1.165, 1.54) is 11.1 Å². The largest absolute Gasteiger partial charge is 0.768 e. The van der Waals surface area contributed by atoms with Crippen LogP contribution in [0.2, 0.25) is 0 Å². The van der Waals surface area contributed by atoms with Crippen LogP contribution in [0.3, 0.4) is 0 Å². The van der Waals surface area contributed by atoms with Gasteiger partial charge in [-0.25, -0.2) is 15.0 Å². The Bertz CT molecular complexity index is 2610. The molecular weight excluding hydrogens is 697 g/mol. The lowest BCUT2D eigenvalue weighted by molar-refractivity contribution is 0.537. The van der Waals surface area contributed by atoms with Crippen molar-refractivity contribution in [3.05, 3.63) is 193 Å². The molecule has 0 aliphatic heterocycles. The fourth-order valence-corrected chi connectivity index (χ4v) is 8.09. The molecule has 1 aliphatic carbocycles. The number of benzene rings is 7. The van der Waals surface area contributed by atoms with Crippen LogP contribution in [0.4, 0.5) is 11.4 Å². The smallest absolute Gasteiger partial charge is 0.163 e. The summed E-state index contributed by atoms with van der Waals surface area (Å²) < 4.78 is 24.9. The monoisotopic (exact) mass is 731 g/mol. The summed E-state index contributed by atoms with van der Waals surface area (Å²) in [6.07, 6.45) is 1.70. The Balaban J connectivity index is 1.20. The van der Waals surface area contributed by atoms with Crippen molar-refractivity contribution < 1.29 is 8.76 Å². The lowest BCUT2D eigenvalue weighted by Gasteiger charge is -2.20. The van der Waals surface area contributed by atoms with Gasteiger partial charge in [0.05, 0.1) is 0 Å². The molecule has 55 heavy (non-hydrogen) atoms. The highest BCUT2D eigenvalue weighted by Gasteiger charge is 2.28. The third kappa shape index (κ3) is 6.99. The first kappa shape index (κ1) is 34.2. The van der Waals surface area contributed by atoms with E-state index in [1.54, 1.807) is 12.1 Å². The lowest BCUT2D eigenvalue weighted by Crippen LogP contribution is -2.11. The van der Waals surface area contributed by atoms with Crippen molar-refractivity contribution in [2.75, 3.05) is 5.32 Å². The number of fused-ring (bicyclic) bond motifs is 3. The third-order valence-electron chi connectivity index (χ3n) is 10.2. The molecule has 0 saturated heterocycles. The zero-order chi connectivity index (χ0) is 37.1. The van der Waals surface area contributed by atoms with Crippen LogP contribution in [0.25, 0.3) is 56.2 Å². The van der Waals surface area contributed by atoms with E-state index < -0.39 is 11.1 Å². The number of hydrogen-bond donors (Lipinski definition) is 1. The van der Waals surface area contributed by atoms with Crippen molar-refractivity contribution in [1.29, 1.82) is 0 Å². The second kappa shape index (κ2) is 15.1. The van der Waals surface area contributed by atoms with Gasteiger partial charge in [-0.05, 0) is 99.3 Å². The summed E-state index contributed by atoms with van der Waals surface area (Å²) in [5, 5.41) is 3.52. The fourth-order valence-electron chi connectivity index (χ4n) is 7.55. The van der Waals surface area contributed by atoms with E-state index in [-0.39, 0.29) is 10.8 Å². The molecule has 0 fully saturated rings. The van der Waals surface area contributed by atoms with Crippen molar-refractivity contribution >= 4 is 22.5 Å². The van der Waals surface area contributed by atoms with Gasteiger partial charge in [-0.3, -0.25) is 4.21 Å². The Hall–Kier alpha value is -6.54. The SMILES string of the molecule is O=S([O-])c1ccccc1-c1cc(-c2ccc3c(c2)-c2ccccc2CCC3c2nc(-c3ccccc3)nc(-c3ccccc3)n2)ccc1Nc1ccccc1. The Morgan fingerprint density at radius 1 is 0.527 bits per heavy atom. The molecule has 0 radical (unpaired) electrons. The van der Waals surface area contributed by atoms with Gasteiger partial charge in [0.25, 0.3) is 0 Å². The van der Waals surface area contributed by atoms with Crippen LogP contribution in [-0.2, 0) is 17.5 Å². The van der Waals surface area contributed by atoms with E-state index in [0.717, 1.165) is 69.0 Å². The maximum absolute atomic E-state index is 12.4. The number of aromatic nitrogens is 3. The van der Waals surface area contributed by atoms with Crippen molar-refractivity contribution in [3.8, 4) is 56.2 Å². The summed E-state index contributed by atoms with van der Waals surface area (Å²) in [5.41, 5.74) is 11.8. The number of aryl methyl sites for hydroxylation is 1. The van der Waals surface area contributed by atoms with Gasteiger partial charge in [0, 0.05) is 38.9 Å². The second-order valence-corrected chi connectivity index (χ2v) is 14.5. The Labute approximate surface area is 323 Å². The molecule has 0 amide bonds. The Morgan fingerprint density at radius 2 is 1.09 bits per heavy atom. The highest BCUT2D eigenvalue weighted by molar-refractivity contribution is 7.79. The average molecular weight is 732 g/mol. The Morgan fingerprint density at radius 3 is 1.76 bits per heavy atom. The van der Waals surface area contributed by atoms with E-state index >= 15 is 0 Å². The van der Waals surface area contributed by atoms with Gasteiger partial charge >= 0.3 is 0 Å². The number of nitrogens with one attached hydrogen (secondary N) is 1. The lowest BCUT2D eigenvalue weighted by atomic mass is 9.87. The number of nitrogens with zero attached hydrogens (tertiary/aromatic N) is 3. The van der Waals surface area contributed by atoms with Gasteiger partial charge < -0.3 is 9.87 Å². The standard InChI is InChI=1S/C48H36N4O2S/c53-55(54)45-23-13-12-22-40(45)43-31-36(26-29-44(43)49-37-19-8-3-9-20-37)35-25-27-39-41(28-24-32-14-10-11-21-38(32)42(39)30-35)48-51-46(33-15-4-1-5-16-33)50-47(52-48)34-17-6-2-7-18-34/h1-23,25-27,29-31,41,49H,24,28H2,(H,53,54)/p-1. The predicted molar refractivity (Wildman–Crippen MR) is 221 cm³/mol. The van der Waals surface area contributed by atoms with Gasteiger partial charge in [0.2, 0.25) is 0 Å². The molecule has 1 aromatic heterocycles. The fraction of sp³-hybridized carbons (Fsp3) is 0.0625. The summed E-state index contributed by atoms with van der Waals surface area (Å²) in [6, 6.07) is 58.7. The van der Waals surface area contributed by atoms with E-state index in [2.05, 4.69) is 59.9 Å². The van der Waals surface area contributed by atoms with Crippen LogP contribution in [0.5, 0.6) is 0 Å². The van der Waals surface area contributed by atoms with Gasteiger partial charge in [-0.15, -0.1) is 0 Å². The van der Waals surface area contributed by atoms with Crippen molar-refractivity contribution in [2.24, 2.45) is 0 Å². The minimum absolute atomic E-state index is 0.0868. The second-order valence-electron chi connectivity index (χ2n) is 13.6. The van der Waals surface area contributed by atoms with Gasteiger partial charge in [-0.2, -0.15) is 0 Å². The first-order valence-corrected chi connectivity index (χ1v) is 19.4. The molecule has 1 aliphatic rings. The molecule has 9 rings (SSSR count). The molecule has 6 nitrogen and oxygen atoms in total. The molecule has 1 heterocycles. The average Bonchev–Trinajstić information content (AvgIpc) is 3.41. The topological polar surface area (TPSA) is 90.8 Å². The van der Waals surface area contributed by atoms with Crippen LogP contribution >= 0.6 is 0 Å². The molecule has 8 aromatic rings. The van der Waals surface area contributed by atoms with E-state index in [1.807, 2.05) is 109 Å². The van der Waals surface area contributed by atoms with Gasteiger partial charge in [0.1, 0.15) is 5.82 Å². The summed E-state index contributed by atoms with van der Waals surface area (Å²) in [7, 11) is 0. The minimum atomic E-state index is -2.42. The van der Waals surface area contributed by atoms with Crippen LogP contribution in [0, 0.1) is 0 Å². The molecular formula is C48H35N4O2S-. The quantitative estimate of drug-likeness (QED) is 0.156. The van der Waals surface area contributed by atoms with Crippen molar-refractivity contribution in [2.45, 2.75) is 23.7 Å². The highest BCUT2D eigenvalue weighted by Crippen LogP contribution is 2.44. The third-order valence-corrected chi connectivity index (χ3v) is 10.9. The highest BCUT2D eigenvalue weighted by atomic mass is 32.2. The maximum atomic E-state index is 12.4. The summed E-state index contributed by atoms with van der Waals surface area (Å²) >= 11 is -2.42. The molecule has 7 heteroatoms. The number of para-hydroxylation sites is 1. The van der Waals surface area contributed by atoms with Crippen LogP contribution < -0.4 is 5.32 Å². The summed E-state index contributed by atoms with van der Waals surface area (Å²) in [5.74, 6) is 1.97. The molecule has 7 aromatic carbocycles. The number of rotatable bonds is 8. The zero-order valence-electron chi connectivity index (χ0n) is 29.8. The van der Waals surface area contributed by atoms with Crippen molar-refractivity contribution in [3.63, 3.8) is 0 Å². The molecule has 1 N–H and O–H groups in total. The van der Waals surface area contributed by atoms with E-state index in [0.29, 0.717) is 17.2 Å².